The highest BCUT2D eigenvalue weighted by molar-refractivity contribution is 7.13. The topological polar surface area (TPSA) is 78.4 Å². The minimum absolute atomic E-state index is 0.0254. The van der Waals surface area contributed by atoms with Crippen LogP contribution >= 0.6 is 11.3 Å². The summed E-state index contributed by atoms with van der Waals surface area (Å²) >= 11 is 1.40. The molecule has 18 heavy (non-hydrogen) atoms. The first-order valence-electron chi connectivity index (χ1n) is 5.86. The molecule has 0 unspecified atom stereocenters. The van der Waals surface area contributed by atoms with Gasteiger partial charge >= 0.3 is 0 Å². The van der Waals surface area contributed by atoms with Crippen LogP contribution in [0.25, 0.3) is 0 Å². The van der Waals surface area contributed by atoms with Crippen molar-refractivity contribution in [1.82, 2.24) is 10.6 Å². The first-order valence-corrected chi connectivity index (χ1v) is 6.68. The number of hydrogen-bond acceptors (Lipinski definition) is 4. The summed E-state index contributed by atoms with van der Waals surface area (Å²) in [5.41, 5.74) is 0. The van der Waals surface area contributed by atoms with E-state index >= 15 is 0 Å². The molecule has 0 radical (unpaired) electrons. The van der Waals surface area contributed by atoms with Gasteiger partial charge in [0.15, 0.2) is 0 Å². The van der Waals surface area contributed by atoms with Gasteiger partial charge in [-0.25, -0.2) is 0 Å². The Bertz CT molecular complexity index is 452. The first kappa shape index (κ1) is 13.0. The lowest BCUT2D eigenvalue weighted by Gasteiger charge is -2.31. The van der Waals surface area contributed by atoms with Crippen molar-refractivity contribution in [2.75, 3.05) is 6.54 Å². The highest BCUT2D eigenvalue weighted by Crippen LogP contribution is 2.19. The van der Waals surface area contributed by atoms with Crippen LogP contribution in [0, 0.1) is 6.92 Å². The lowest BCUT2D eigenvalue weighted by Crippen LogP contribution is -2.49. The van der Waals surface area contributed by atoms with Crippen LogP contribution in [0.1, 0.15) is 27.4 Å². The summed E-state index contributed by atoms with van der Waals surface area (Å²) in [6, 6.07) is 3.67. The molecule has 2 amide bonds. The summed E-state index contributed by atoms with van der Waals surface area (Å²) in [4.78, 5) is 24.8. The summed E-state index contributed by atoms with van der Waals surface area (Å²) in [5.74, 6) is -0.439. The van der Waals surface area contributed by atoms with E-state index in [-0.39, 0.29) is 30.5 Å². The summed E-state index contributed by atoms with van der Waals surface area (Å²) in [7, 11) is 0. The van der Waals surface area contributed by atoms with Crippen LogP contribution in [0.15, 0.2) is 12.1 Å². The SMILES string of the molecule is Cc1ccc(C(=O)NCC(=O)NC2CC(O)C2)s1. The molecule has 0 bridgehead atoms. The van der Waals surface area contributed by atoms with Gasteiger partial charge in [0.25, 0.3) is 5.91 Å². The van der Waals surface area contributed by atoms with Crippen molar-refractivity contribution in [2.45, 2.75) is 31.9 Å². The number of hydrogen-bond donors (Lipinski definition) is 3. The molecule has 0 aromatic carbocycles. The van der Waals surface area contributed by atoms with Gasteiger partial charge in [-0.15, -0.1) is 11.3 Å². The molecule has 0 saturated heterocycles. The molecule has 2 rings (SSSR count). The van der Waals surface area contributed by atoms with Crippen LogP contribution in [0.2, 0.25) is 0 Å². The van der Waals surface area contributed by atoms with Gasteiger partial charge in [0, 0.05) is 10.9 Å². The monoisotopic (exact) mass is 268 g/mol. The summed E-state index contributed by atoms with van der Waals surface area (Å²) in [6.45, 7) is 1.90. The highest BCUT2D eigenvalue weighted by Gasteiger charge is 2.28. The fourth-order valence-electron chi connectivity index (χ4n) is 1.79. The molecule has 1 heterocycles. The van der Waals surface area contributed by atoms with E-state index in [4.69, 9.17) is 5.11 Å². The normalized spacial score (nSPS) is 22.1. The number of carbonyl (C=O) groups excluding carboxylic acids is 2. The van der Waals surface area contributed by atoms with Crippen LogP contribution in [0.5, 0.6) is 0 Å². The van der Waals surface area contributed by atoms with Gasteiger partial charge < -0.3 is 15.7 Å². The predicted molar refractivity (Wildman–Crippen MR) is 68.6 cm³/mol. The Hall–Kier alpha value is -1.40. The van der Waals surface area contributed by atoms with E-state index in [1.54, 1.807) is 6.07 Å². The number of nitrogens with one attached hydrogen (secondary N) is 2. The zero-order chi connectivity index (χ0) is 13.1. The lowest BCUT2D eigenvalue weighted by molar-refractivity contribution is -0.122. The third kappa shape index (κ3) is 3.30. The van der Waals surface area contributed by atoms with E-state index in [9.17, 15) is 9.59 Å². The van der Waals surface area contributed by atoms with Gasteiger partial charge in [0.1, 0.15) is 0 Å². The van der Waals surface area contributed by atoms with E-state index in [1.165, 1.54) is 11.3 Å². The molecule has 1 aromatic rings. The molecular weight excluding hydrogens is 252 g/mol. The number of thiophene rings is 1. The lowest BCUT2D eigenvalue weighted by atomic mass is 9.89. The fourth-order valence-corrected chi connectivity index (χ4v) is 2.57. The molecule has 0 aliphatic heterocycles. The molecule has 5 nitrogen and oxygen atoms in total. The molecule has 1 aromatic heterocycles. The molecule has 1 aliphatic rings. The van der Waals surface area contributed by atoms with E-state index in [0.29, 0.717) is 17.7 Å². The molecule has 1 fully saturated rings. The second kappa shape index (κ2) is 5.49. The molecule has 1 saturated carbocycles. The standard InChI is InChI=1S/C12H16N2O3S/c1-7-2-3-10(18-7)12(17)13-6-11(16)14-8-4-9(15)5-8/h2-3,8-9,15H,4-6H2,1H3,(H,13,17)(H,14,16). The zero-order valence-electron chi connectivity index (χ0n) is 10.1. The van der Waals surface area contributed by atoms with Crippen molar-refractivity contribution in [2.24, 2.45) is 0 Å². The quantitative estimate of drug-likeness (QED) is 0.741. The van der Waals surface area contributed by atoms with E-state index in [1.807, 2.05) is 13.0 Å². The van der Waals surface area contributed by atoms with Gasteiger partial charge in [0.2, 0.25) is 5.91 Å². The summed E-state index contributed by atoms with van der Waals surface area (Å²) in [6.07, 6.45) is 0.909. The minimum Gasteiger partial charge on any atom is -0.393 e. The molecule has 0 atom stereocenters. The maximum absolute atomic E-state index is 11.7. The molecule has 0 spiro atoms. The van der Waals surface area contributed by atoms with Gasteiger partial charge in [-0.05, 0) is 31.9 Å². The average Bonchev–Trinajstić information content (AvgIpc) is 2.71. The maximum Gasteiger partial charge on any atom is 0.261 e. The Labute approximate surface area is 109 Å². The van der Waals surface area contributed by atoms with Crippen molar-refractivity contribution in [3.05, 3.63) is 21.9 Å². The number of carbonyl (C=O) groups is 2. The molecule has 6 heteroatoms. The van der Waals surface area contributed by atoms with Crippen molar-refractivity contribution >= 4 is 23.2 Å². The summed E-state index contributed by atoms with van der Waals surface area (Å²) < 4.78 is 0. The van der Waals surface area contributed by atoms with Crippen LogP contribution in [0.4, 0.5) is 0 Å². The Kier molecular flexibility index (Phi) is 3.98. The highest BCUT2D eigenvalue weighted by atomic mass is 32.1. The summed E-state index contributed by atoms with van der Waals surface area (Å²) in [5, 5.41) is 14.4. The van der Waals surface area contributed by atoms with Crippen molar-refractivity contribution in [3.8, 4) is 0 Å². The Morgan fingerprint density at radius 1 is 1.44 bits per heavy atom. The van der Waals surface area contributed by atoms with Gasteiger partial charge in [-0.2, -0.15) is 0 Å². The first-order chi connectivity index (χ1) is 8.54. The van der Waals surface area contributed by atoms with Crippen molar-refractivity contribution in [3.63, 3.8) is 0 Å². The Balaban J connectivity index is 1.71. The van der Waals surface area contributed by atoms with E-state index in [2.05, 4.69) is 10.6 Å². The van der Waals surface area contributed by atoms with Gasteiger partial charge in [-0.1, -0.05) is 0 Å². The van der Waals surface area contributed by atoms with E-state index < -0.39 is 0 Å². The average molecular weight is 268 g/mol. The largest absolute Gasteiger partial charge is 0.393 e. The molecule has 3 N–H and O–H groups in total. The number of aryl methyl sites for hydroxylation is 1. The third-order valence-electron chi connectivity index (χ3n) is 2.85. The van der Waals surface area contributed by atoms with Crippen LogP contribution in [0.3, 0.4) is 0 Å². The van der Waals surface area contributed by atoms with Crippen LogP contribution in [-0.4, -0.2) is 35.6 Å². The maximum atomic E-state index is 11.7. The van der Waals surface area contributed by atoms with E-state index in [0.717, 1.165) is 4.88 Å². The molecule has 98 valence electrons. The van der Waals surface area contributed by atoms with Crippen molar-refractivity contribution in [1.29, 1.82) is 0 Å². The van der Waals surface area contributed by atoms with Gasteiger partial charge in [-0.3, -0.25) is 9.59 Å². The zero-order valence-corrected chi connectivity index (χ0v) is 10.9. The predicted octanol–water partition coefficient (Wildman–Crippen LogP) is 0.426. The third-order valence-corrected chi connectivity index (χ3v) is 3.85. The number of rotatable bonds is 4. The Morgan fingerprint density at radius 3 is 2.72 bits per heavy atom. The smallest absolute Gasteiger partial charge is 0.261 e. The second-order valence-corrected chi connectivity index (χ2v) is 5.77. The van der Waals surface area contributed by atoms with Crippen LogP contribution < -0.4 is 10.6 Å². The van der Waals surface area contributed by atoms with Gasteiger partial charge in [0.05, 0.1) is 17.5 Å². The van der Waals surface area contributed by atoms with Crippen LogP contribution in [-0.2, 0) is 4.79 Å². The molecule has 1 aliphatic carbocycles. The number of amides is 2. The van der Waals surface area contributed by atoms with Crippen molar-refractivity contribution < 1.29 is 14.7 Å². The molecular formula is C12H16N2O3S. The second-order valence-electron chi connectivity index (χ2n) is 4.48. The number of aliphatic hydroxyl groups excluding tert-OH is 1. The Morgan fingerprint density at radius 2 is 2.17 bits per heavy atom. The number of aliphatic hydroxyl groups is 1. The fraction of sp³-hybridized carbons (Fsp3) is 0.500. The minimum atomic E-state index is -0.293.